The average Bonchev–Trinajstić information content (AvgIpc) is 3.02. The van der Waals surface area contributed by atoms with Crippen LogP contribution in [0.3, 0.4) is 0 Å². The fraction of sp³-hybridized carbons (Fsp3) is 0. The van der Waals surface area contributed by atoms with E-state index in [1.165, 1.54) is 0 Å². The van der Waals surface area contributed by atoms with Crippen LogP contribution >= 0.6 is 11.6 Å². The molecule has 0 N–H and O–H groups in total. The summed E-state index contributed by atoms with van der Waals surface area (Å²) >= 11 is 6.87. The highest BCUT2D eigenvalue weighted by Gasteiger charge is 2.29. The minimum absolute atomic E-state index is 0.363. The van der Waals surface area contributed by atoms with Gasteiger partial charge in [-0.05, 0) is 33.7 Å². The molecule has 0 bridgehead atoms. The highest BCUT2D eigenvalue weighted by atomic mass is 35.5. The average molecular weight is 357 g/mol. The Labute approximate surface area is 155 Å². The number of esters is 1. The standard InChI is InChI=1S/C23H13ClO2/c24-21(22-18-11-5-6-12-19(18)23(25)26-22)20-16-9-3-1-7-14(16)13-15-8-2-4-10-17(15)20/h1-13H/b22-21+. The summed E-state index contributed by atoms with van der Waals surface area (Å²) in [5.74, 6) is 0.0621. The summed E-state index contributed by atoms with van der Waals surface area (Å²) in [6.07, 6.45) is 0. The zero-order valence-electron chi connectivity index (χ0n) is 13.7. The third-order valence-electron chi connectivity index (χ3n) is 4.78. The van der Waals surface area contributed by atoms with E-state index in [9.17, 15) is 4.79 Å². The highest BCUT2D eigenvalue weighted by molar-refractivity contribution is 6.55. The Kier molecular flexibility index (Phi) is 3.34. The first-order chi connectivity index (χ1) is 12.7. The van der Waals surface area contributed by atoms with E-state index in [1.54, 1.807) is 6.07 Å². The fourth-order valence-corrected chi connectivity index (χ4v) is 3.93. The summed E-state index contributed by atoms with van der Waals surface area (Å²) in [5.41, 5.74) is 2.17. The smallest absolute Gasteiger partial charge is 0.344 e. The normalized spacial score (nSPS) is 15.2. The molecule has 26 heavy (non-hydrogen) atoms. The number of carbonyl (C=O) groups excluding carboxylic acids is 1. The Morgan fingerprint density at radius 2 is 1.27 bits per heavy atom. The molecular weight excluding hydrogens is 344 g/mol. The molecule has 0 atom stereocenters. The van der Waals surface area contributed by atoms with Gasteiger partial charge in [-0.3, -0.25) is 0 Å². The molecule has 0 aliphatic carbocycles. The number of hydrogen-bond donors (Lipinski definition) is 0. The fourth-order valence-electron chi connectivity index (χ4n) is 3.59. The number of ether oxygens (including phenoxy) is 1. The molecule has 1 heterocycles. The minimum atomic E-state index is -0.363. The van der Waals surface area contributed by atoms with Gasteiger partial charge < -0.3 is 4.74 Å². The third kappa shape index (κ3) is 2.16. The molecule has 0 radical (unpaired) electrons. The third-order valence-corrected chi connectivity index (χ3v) is 5.14. The monoisotopic (exact) mass is 356 g/mol. The van der Waals surface area contributed by atoms with Gasteiger partial charge in [0, 0.05) is 11.1 Å². The van der Waals surface area contributed by atoms with Gasteiger partial charge in [0.2, 0.25) is 0 Å². The van der Waals surface area contributed by atoms with E-state index in [4.69, 9.17) is 16.3 Å². The van der Waals surface area contributed by atoms with Gasteiger partial charge in [0.15, 0.2) is 5.76 Å². The van der Waals surface area contributed by atoms with E-state index >= 15 is 0 Å². The Morgan fingerprint density at radius 1 is 0.731 bits per heavy atom. The van der Waals surface area contributed by atoms with Crippen LogP contribution in [0, 0.1) is 0 Å². The van der Waals surface area contributed by atoms with Crippen LogP contribution in [-0.2, 0) is 4.74 Å². The van der Waals surface area contributed by atoms with Gasteiger partial charge in [0.05, 0.1) is 10.6 Å². The van der Waals surface area contributed by atoms with Crippen molar-refractivity contribution in [2.75, 3.05) is 0 Å². The summed E-state index contributed by atoms with van der Waals surface area (Å²) in [6.45, 7) is 0. The van der Waals surface area contributed by atoms with Crippen molar-refractivity contribution in [3.05, 3.63) is 95.6 Å². The van der Waals surface area contributed by atoms with Crippen LogP contribution in [0.15, 0.2) is 78.9 Å². The Hall–Kier alpha value is -3.10. The van der Waals surface area contributed by atoms with Crippen molar-refractivity contribution in [1.29, 1.82) is 0 Å². The molecule has 0 unspecified atom stereocenters. The number of rotatable bonds is 1. The first-order valence-corrected chi connectivity index (χ1v) is 8.74. The Bertz CT molecular complexity index is 1180. The first-order valence-electron chi connectivity index (χ1n) is 8.36. The molecule has 0 saturated heterocycles. The molecule has 0 amide bonds. The highest BCUT2D eigenvalue weighted by Crippen LogP contribution is 2.42. The molecule has 0 spiro atoms. The molecule has 0 aromatic heterocycles. The SMILES string of the molecule is O=C1O/C(=C(/Cl)c2c3ccccc3cc3ccccc23)c2ccccc21. The van der Waals surface area contributed by atoms with Gasteiger partial charge in [-0.15, -0.1) is 0 Å². The molecule has 0 saturated carbocycles. The lowest BCUT2D eigenvalue weighted by molar-refractivity contribution is 0.0717. The Balaban J connectivity index is 1.91. The van der Waals surface area contributed by atoms with E-state index in [-0.39, 0.29) is 5.97 Å². The lowest BCUT2D eigenvalue weighted by atomic mass is 9.95. The number of benzene rings is 4. The quantitative estimate of drug-likeness (QED) is 0.298. The van der Waals surface area contributed by atoms with Crippen LogP contribution in [0.5, 0.6) is 0 Å². The summed E-state index contributed by atoms with van der Waals surface area (Å²) in [4.78, 5) is 12.2. The van der Waals surface area contributed by atoms with E-state index < -0.39 is 0 Å². The van der Waals surface area contributed by atoms with Gasteiger partial charge in [0.1, 0.15) is 0 Å². The zero-order chi connectivity index (χ0) is 17.7. The van der Waals surface area contributed by atoms with Gasteiger partial charge in [-0.1, -0.05) is 78.3 Å². The second-order valence-corrected chi connectivity index (χ2v) is 6.65. The van der Waals surface area contributed by atoms with Gasteiger partial charge in [-0.25, -0.2) is 4.79 Å². The second-order valence-electron chi connectivity index (χ2n) is 6.27. The van der Waals surface area contributed by atoms with Crippen LogP contribution in [0.25, 0.3) is 32.3 Å². The lowest BCUT2D eigenvalue weighted by Gasteiger charge is -2.12. The van der Waals surface area contributed by atoms with Crippen molar-refractivity contribution >= 4 is 49.9 Å². The molecule has 3 heteroatoms. The van der Waals surface area contributed by atoms with Crippen LogP contribution in [0.2, 0.25) is 0 Å². The van der Waals surface area contributed by atoms with Crippen molar-refractivity contribution in [1.82, 2.24) is 0 Å². The summed E-state index contributed by atoms with van der Waals surface area (Å²) in [6, 6.07) is 25.7. The van der Waals surface area contributed by atoms with E-state index in [0.717, 1.165) is 32.7 Å². The predicted molar refractivity (Wildman–Crippen MR) is 106 cm³/mol. The van der Waals surface area contributed by atoms with Crippen molar-refractivity contribution in [3.63, 3.8) is 0 Å². The lowest BCUT2D eigenvalue weighted by Crippen LogP contribution is -1.93. The molecule has 5 rings (SSSR count). The molecule has 124 valence electrons. The molecule has 0 fully saturated rings. The molecule has 1 aliphatic heterocycles. The van der Waals surface area contributed by atoms with Crippen molar-refractivity contribution in [3.8, 4) is 0 Å². The minimum Gasteiger partial charge on any atom is -0.421 e. The second kappa shape index (κ2) is 5.72. The van der Waals surface area contributed by atoms with E-state index in [0.29, 0.717) is 16.4 Å². The molecule has 4 aromatic carbocycles. The van der Waals surface area contributed by atoms with Crippen LogP contribution in [0.4, 0.5) is 0 Å². The van der Waals surface area contributed by atoms with Gasteiger partial charge in [-0.2, -0.15) is 0 Å². The van der Waals surface area contributed by atoms with Gasteiger partial charge >= 0.3 is 5.97 Å². The maximum absolute atomic E-state index is 12.2. The maximum Gasteiger partial charge on any atom is 0.344 e. The largest absolute Gasteiger partial charge is 0.421 e. The number of hydrogen-bond acceptors (Lipinski definition) is 2. The topological polar surface area (TPSA) is 26.3 Å². The van der Waals surface area contributed by atoms with Crippen LogP contribution < -0.4 is 0 Å². The van der Waals surface area contributed by atoms with Gasteiger partial charge in [0.25, 0.3) is 0 Å². The Morgan fingerprint density at radius 3 is 1.92 bits per heavy atom. The molecular formula is C23H13ClO2. The molecule has 2 nitrogen and oxygen atoms in total. The summed E-state index contributed by atoms with van der Waals surface area (Å²) in [5, 5.41) is 4.71. The summed E-state index contributed by atoms with van der Waals surface area (Å²) < 4.78 is 5.55. The van der Waals surface area contributed by atoms with E-state index in [2.05, 4.69) is 18.2 Å². The van der Waals surface area contributed by atoms with Crippen LogP contribution in [0.1, 0.15) is 21.5 Å². The van der Waals surface area contributed by atoms with Crippen molar-refractivity contribution in [2.45, 2.75) is 0 Å². The molecule has 4 aromatic rings. The maximum atomic E-state index is 12.2. The number of cyclic esters (lactones) is 1. The van der Waals surface area contributed by atoms with Crippen molar-refractivity contribution < 1.29 is 9.53 Å². The summed E-state index contributed by atoms with van der Waals surface area (Å²) in [7, 11) is 0. The van der Waals surface area contributed by atoms with E-state index in [1.807, 2.05) is 54.6 Å². The zero-order valence-corrected chi connectivity index (χ0v) is 14.5. The molecule has 1 aliphatic rings. The van der Waals surface area contributed by atoms with Crippen molar-refractivity contribution in [2.24, 2.45) is 0 Å². The predicted octanol–water partition coefficient (Wildman–Crippen LogP) is 6.23. The number of carbonyl (C=O) groups is 1. The number of fused-ring (bicyclic) bond motifs is 3. The number of halogens is 1. The first kappa shape index (κ1) is 15.2. The van der Waals surface area contributed by atoms with Crippen LogP contribution in [-0.4, -0.2) is 5.97 Å².